The summed E-state index contributed by atoms with van der Waals surface area (Å²) < 4.78 is 0. The Morgan fingerprint density at radius 3 is 2.68 bits per heavy atom. The fourth-order valence-corrected chi connectivity index (χ4v) is 2.88. The number of nitrogens with one attached hydrogen (secondary N) is 2. The maximum absolute atomic E-state index is 9.14. The van der Waals surface area contributed by atoms with Crippen LogP contribution in [-0.4, -0.2) is 38.4 Å². The van der Waals surface area contributed by atoms with Gasteiger partial charge in [-0.3, -0.25) is 5.10 Å². The van der Waals surface area contributed by atoms with E-state index in [9.17, 15) is 0 Å². The quantitative estimate of drug-likeness (QED) is 0.507. The third-order valence-electron chi connectivity index (χ3n) is 3.96. The zero-order valence-corrected chi connectivity index (χ0v) is 14.6. The highest BCUT2D eigenvalue weighted by Crippen LogP contribution is 2.17. The van der Waals surface area contributed by atoms with Crippen LogP contribution in [-0.2, 0) is 13.2 Å². The van der Waals surface area contributed by atoms with Gasteiger partial charge in [-0.25, -0.2) is 0 Å². The van der Waals surface area contributed by atoms with E-state index >= 15 is 0 Å². The fourth-order valence-electron chi connectivity index (χ4n) is 2.60. The van der Waals surface area contributed by atoms with Gasteiger partial charge in [-0.15, -0.1) is 0 Å². The van der Waals surface area contributed by atoms with Crippen molar-refractivity contribution in [3.8, 4) is 0 Å². The summed E-state index contributed by atoms with van der Waals surface area (Å²) in [5, 5.41) is 21.0. The smallest absolute Gasteiger partial charge is 0.173 e. The van der Waals surface area contributed by atoms with Crippen LogP contribution in [0.5, 0.6) is 0 Å². The van der Waals surface area contributed by atoms with Gasteiger partial charge < -0.3 is 21.1 Å². The molecule has 1 aromatic heterocycles. The molecule has 130 valence electrons. The molecule has 0 aliphatic heterocycles. The highest BCUT2D eigenvalue weighted by molar-refractivity contribution is 7.80. The second-order valence-electron chi connectivity index (χ2n) is 5.79. The molecule has 7 heteroatoms. The molecule has 3 rings (SSSR count). The molecule has 0 radical (unpaired) electrons. The molecule has 6 nitrogen and oxygen atoms in total. The van der Waals surface area contributed by atoms with Crippen LogP contribution in [0, 0.1) is 0 Å². The van der Waals surface area contributed by atoms with Crippen molar-refractivity contribution in [1.29, 1.82) is 0 Å². The van der Waals surface area contributed by atoms with Crippen molar-refractivity contribution in [1.82, 2.24) is 15.1 Å². The Kier molecular flexibility index (Phi) is 5.60. The van der Waals surface area contributed by atoms with E-state index in [0.717, 1.165) is 27.7 Å². The van der Waals surface area contributed by atoms with Gasteiger partial charge in [0.25, 0.3) is 0 Å². The average Bonchev–Trinajstić information content (AvgIpc) is 3.09. The first-order valence-electron chi connectivity index (χ1n) is 8.07. The SMILES string of the molecule is NCCN(Cc1ccc(CO)cc1)C(=S)Nc1ccc2[nH]ncc2c1. The first-order valence-corrected chi connectivity index (χ1v) is 8.48. The number of nitrogens with two attached hydrogens (primary N) is 1. The van der Waals surface area contributed by atoms with Crippen LogP contribution in [0.4, 0.5) is 5.69 Å². The lowest BCUT2D eigenvalue weighted by Gasteiger charge is -2.25. The Labute approximate surface area is 151 Å². The third-order valence-corrected chi connectivity index (χ3v) is 4.32. The number of nitrogens with zero attached hydrogens (tertiary/aromatic N) is 2. The molecule has 0 fully saturated rings. The minimum atomic E-state index is 0.0449. The second kappa shape index (κ2) is 8.06. The van der Waals surface area contributed by atoms with Crippen molar-refractivity contribution in [2.75, 3.05) is 18.4 Å². The van der Waals surface area contributed by atoms with Crippen LogP contribution in [0.15, 0.2) is 48.7 Å². The molecule has 0 bridgehead atoms. The van der Waals surface area contributed by atoms with Crippen molar-refractivity contribution in [3.63, 3.8) is 0 Å². The van der Waals surface area contributed by atoms with Gasteiger partial charge in [-0.1, -0.05) is 24.3 Å². The first kappa shape index (κ1) is 17.3. The number of hydrogen-bond donors (Lipinski definition) is 4. The minimum absolute atomic E-state index is 0.0449. The number of aromatic nitrogens is 2. The van der Waals surface area contributed by atoms with Gasteiger partial charge in [0.05, 0.1) is 18.3 Å². The Bertz CT molecular complexity index is 846. The lowest BCUT2D eigenvalue weighted by atomic mass is 10.1. The van der Waals surface area contributed by atoms with Gasteiger partial charge in [-0.2, -0.15) is 5.10 Å². The zero-order chi connectivity index (χ0) is 17.6. The van der Waals surface area contributed by atoms with E-state index in [0.29, 0.717) is 24.7 Å². The molecule has 2 aromatic carbocycles. The third kappa shape index (κ3) is 4.33. The largest absolute Gasteiger partial charge is 0.392 e. The highest BCUT2D eigenvalue weighted by atomic mass is 32.1. The molecule has 3 aromatic rings. The van der Waals surface area contributed by atoms with Gasteiger partial charge in [0, 0.05) is 30.7 Å². The molecule has 0 aliphatic rings. The van der Waals surface area contributed by atoms with E-state index in [1.807, 2.05) is 47.4 Å². The first-order chi connectivity index (χ1) is 12.2. The molecular formula is C18H21N5OS. The number of anilines is 1. The summed E-state index contributed by atoms with van der Waals surface area (Å²) in [5.41, 5.74) is 9.65. The van der Waals surface area contributed by atoms with Crippen LogP contribution in [0.25, 0.3) is 10.9 Å². The summed E-state index contributed by atoms with van der Waals surface area (Å²) >= 11 is 5.57. The van der Waals surface area contributed by atoms with E-state index in [-0.39, 0.29) is 6.61 Å². The molecule has 0 aliphatic carbocycles. The van der Waals surface area contributed by atoms with Crippen molar-refractivity contribution in [2.24, 2.45) is 5.73 Å². The molecule has 0 saturated heterocycles. The van der Waals surface area contributed by atoms with Crippen LogP contribution in [0.1, 0.15) is 11.1 Å². The van der Waals surface area contributed by atoms with Gasteiger partial charge in [0.2, 0.25) is 0 Å². The standard InChI is InChI=1S/C18H21N5OS/c19-7-8-23(11-13-1-3-14(12-24)4-2-13)18(25)21-16-5-6-17-15(9-16)10-20-22-17/h1-6,9-10,24H,7-8,11-12,19H2,(H,20,22)(H,21,25). The lowest BCUT2D eigenvalue weighted by molar-refractivity contribution is 0.282. The number of thiocarbonyl (C=S) groups is 1. The predicted molar refractivity (Wildman–Crippen MR) is 104 cm³/mol. The number of hydrogen-bond acceptors (Lipinski definition) is 4. The number of aliphatic hydroxyl groups excluding tert-OH is 1. The zero-order valence-electron chi connectivity index (χ0n) is 13.8. The number of H-pyrrole nitrogens is 1. The molecule has 5 N–H and O–H groups in total. The molecule has 0 spiro atoms. The summed E-state index contributed by atoms with van der Waals surface area (Å²) in [6, 6.07) is 13.8. The lowest BCUT2D eigenvalue weighted by Crippen LogP contribution is -2.37. The summed E-state index contributed by atoms with van der Waals surface area (Å²) in [4.78, 5) is 2.03. The maximum atomic E-state index is 9.14. The van der Waals surface area contributed by atoms with Crippen molar-refractivity contribution < 1.29 is 5.11 Å². The molecular weight excluding hydrogens is 334 g/mol. The van der Waals surface area contributed by atoms with Gasteiger partial charge in [0.15, 0.2) is 5.11 Å². The Hall–Kier alpha value is -2.48. The minimum Gasteiger partial charge on any atom is -0.392 e. The number of benzene rings is 2. The van der Waals surface area contributed by atoms with Crippen LogP contribution in [0.3, 0.4) is 0 Å². The van der Waals surface area contributed by atoms with Gasteiger partial charge in [0.1, 0.15) is 0 Å². The normalized spacial score (nSPS) is 10.8. The highest BCUT2D eigenvalue weighted by Gasteiger charge is 2.10. The molecule has 0 amide bonds. The van der Waals surface area contributed by atoms with Crippen molar-refractivity contribution in [3.05, 3.63) is 59.8 Å². The number of fused-ring (bicyclic) bond motifs is 1. The number of aromatic amines is 1. The van der Waals surface area contributed by atoms with E-state index < -0.39 is 0 Å². The van der Waals surface area contributed by atoms with Crippen LogP contribution < -0.4 is 11.1 Å². The van der Waals surface area contributed by atoms with Gasteiger partial charge in [-0.05, 0) is 41.5 Å². The topological polar surface area (TPSA) is 90.2 Å². The molecule has 25 heavy (non-hydrogen) atoms. The predicted octanol–water partition coefficient (Wildman–Crippen LogP) is 2.21. The Morgan fingerprint density at radius 2 is 1.96 bits per heavy atom. The summed E-state index contributed by atoms with van der Waals surface area (Å²) in [5.74, 6) is 0. The van der Waals surface area contributed by atoms with Crippen LogP contribution >= 0.6 is 12.2 Å². The van der Waals surface area contributed by atoms with E-state index in [2.05, 4.69) is 15.5 Å². The van der Waals surface area contributed by atoms with Crippen LogP contribution in [0.2, 0.25) is 0 Å². The van der Waals surface area contributed by atoms with Crippen molar-refractivity contribution >= 4 is 33.9 Å². The number of rotatable bonds is 6. The summed E-state index contributed by atoms with van der Waals surface area (Å²) in [6.07, 6.45) is 1.78. The molecule has 0 unspecified atom stereocenters. The van der Waals surface area contributed by atoms with E-state index in [1.54, 1.807) is 6.20 Å². The Morgan fingerprint density at radius 1 is 1.20 bits per heavy atom. The summed E-state index contributed by atoms with van der Waals surface area (Å²) in [7, 11) is 0. The Balaban J connectivity index is 1.70. The van der Waals surface area contributed by atoms with Crippen molar-refractivity contribution in [2.45, 2.75) is 13.2 Å². The number of aliphatic hydroxyl groups is 1. The fraction of sp³-hybridized carbons (Fsp3) is 0.222. The van der Waals surface area contributed by atoms with E-state index in [1.165, 1.54) is 0 Å². The molecule has 1 heterocycles. The monoisotopic (exact) mass is 355 g/mol. The van der Waals surface area contributed by atoms with E-state index in [4.69, 9.17) is 23.1 Å². The molecule has 0 atom stereocenters. The molecule has 0 saturated carbocycles. The maximum Gasteiger partial charge on any atom is 0.173 e. The average molecular weight is 355 g/mol. The summed E-state index contributed by atoms with van der Waals surface area (Å²) in [6.45, 7) is 1.87. The second-order valence-corrected chi connectivity index (χ2v) is 6.17. The van der Waals surface area contributed by atoms with Gasteiger partial charge >= 0.3 is 0 Å².